The summed E-state index contributed by atoms with van der Waals surface area (Å²) in [5.41, 5.74) is 1.00. The van der Waals surface area contributed by atoms with Crippen LogP contribution in [0.3, 0.4) is 0 Å². The van der Waals surface area contributed by atoms with Crippen LogP contribution in [0.4, 0.5) is 16.0 Å². The summed E-state index contributed by atoms with van der Waals surface area (Å²) in [6.45, 7) is 3.50. The number of halogens is 1. The molecule has 0 bridgehead atoms. The molecule has 0 fully saturated rings. The van der Waals surface area contributed by atoms with Gasteiger partial charge in [-0.05, 0) is 43.7 Å². The Morgan fingerprint density at radius 1 is 1.18 bits per heavy atom. The zero-order valence-corrected chi connectivity index (χ0v) is 18.5. The van der Waals surface area contributed by atoms with Crippen molar-refractivity contribution in [3.63, 3.8) is 0 Å². The standard InChI is InChI=1S/C23H17FN2O6S/c1-10-20(32-23(30)31-10)25(3)13-6-4-12(5-7-13)14-9-17-15(8-16(14)24)19(27)18(22(28)29)21-26(17)11(2)33-21/h4-9,11H,1-3H3,(H,28,29). The number of hydrogen-bond acceptors (Lipinski definition) is 7. The van der Waals surface area contributed by atoms with E-state index >= 15 is 4.39 Å². The molecule has 0 amide bonds. The third kappa shape index (κ3) is 3.17. The molecule has 1 atom stereocenters. The number of fused-ring (bicyclic) bond motifs is 3. The molecule has 0 radical (unpaired) electrons. The maximum Gasteiger partial charge on any atom is 0.520 e. The lowest BCUT2D eigenvalue weighted by Crippen LogP contribution is -2.28. The number of carboxylic acid groups (broad SMARTS) is 1. The highest BCUT2D eigenvalue weighted by atomic mass is 32.2. The lowest BCUT2D eigenvalue weighted by atomic mass is 10.0. The first-order valence-electron chi connectivity index (χ1n) is 9.93. The quantitative estimate of drug-likeness (QED) is 0.457. The van der Waals surface area contributed by atoms with Crippen LogP contribution in [-0.2, 0) is 0 Å². The van der Waals surface area contributed by atoms with Crippen LogP contribution in [0.5, 0.6) is 0 Å². The number of carboxylic acids is 1. The van der Waals surface area contributed by atoms with E-state index in [1.807, 2.05) is 6.92 Å². The molecule has 1 aliphatic heterocycles. The molecule has 2 aromatic heterocycles. The second-order valence-corrected chi connectivity index (χ2v) is 8.98. The highest BCUT2D eigenvalue weighted by Crippen LogP contribution is 2.46. The molecule has 5 rings (SSSR count). The van der Waals surface area contributed by atoms with Gasteiger partial charge in [0.05, 0.1) is 15.9 Å². The Balaban J connectivity index is 1.61. The van der Waals surface area contributed by atoms with Crippen LogP contribution < -0.4 is 16.2 Å². The van der Waals surface area contributed by atoms with Gasteiger partial charge in [-0.25, -0.2) is 14.0 Å². The summed E-state index contributed by atoms with van der Waals surface area (Å²) in [6.07, 6.45) is 0. The lowest BCUT2D eigenvalue weighted by Gasteiger charge is -2.32. The van der Waals surface area contributed by atoms with Crippen LogP contribution in [-0.4, -0.2) is 22.7 Å². The van der Waals surface area contributed by atoms with Gasteiger partial charge < -0.3 is 23.4 Å². The summed E-state index contributed by atoms with van der Waals surface area (Å²) >= 11 is 1.29. The van der Waals surface area contributed by atoms with E-state index in [1.165, 1.54) is 11.8 Å². The van der Waals surface area contributed by atoms with E-state index in [2.05, 4.69) is 0 Å². The maximum atomic E-state index is 15.1. The number of nitrogens with zero attached hydrogens (tertiary/aromatic N) is 2. The fraction of sp³-hybridized carbons (Fsp3) is 0.174. The second kappa shape index (κ2) is 7.38. The number of anilines is 2. The second-order valence-electron chi connectivity index (χ2n) is 7.67. The van der Waals surface area contributed by atoms with Crippen molar-refractivity contribution in [1.29, 1.82) is 0 Å². The Morgan fingerprint density at radius 2 is 1.88 bits per heavy atom. The van der Waals surface area contributed by atoms with Gasteiger partial charge in [0, 0.05) is 23.7 Å². The molecule has 0 spiro atoms. The Morgan fingerprint density at radius 3 is 2.45 bits per heavy atom. The molecule has 2 aromatic carbocycles. The zero-order valence-electron chi connectivity index (χ0n) is 17.7. The predicted molar refractivity (Wildman–Crippen MR) is 121 cm³/mol. The molecule has 0 saturated heterocycles. The smallest absolute Gasteiger partial charge is 0.477 e. The molecule has 0 saturated carbocycles. The van der Waals surface area contributed by atoms with Gasteiger partial charge in [0.1, 0.15) is 11.4 Å². The average molecular weight is 468 g/mol. The van der Waals surface area contributed by atoms with E-state index in [0.717, 1.165) is 6.07 Å². The fourth-order valence-corrected chi connectivity index (χ4v) is 5.24. The van der Waals surface area contributed by atoms with Crippen LogP contribution in [0.2, 0.25) is 0 Å². The van der Waals surface area contributed by atoms with Crippen molar-refractivity contribution in [3.8, 4) is 11.1 Å². The van der Waals surface area contributed by atoms with Crippen molar-refractivity contribution in [2.24, 2.45) is 0 Å². The largest absolute Gasteiger partial charge is 0.520 e. The van der Waals surface area contributed by atoms with E-state index in [-0.39, 0.29) is 27.8 Å². The number of aromatic nitrogens is 1. The number of benzene rings is 2. The summed E-state index contributed by atoms with van der Waals surface area (Å²) in [6, 6.07) is 9.58. The van der Waals surface area contributed by atoms with Gasteiger partial charge in [0.2, 0.25) is 11.3 Å². The van der Waals surface area contributed by atoms with E-state index in [4.69, 9.17) is 8.83 Å². The monoisotopic (exact) mass is 468 g/mol. The summed E-state index contributed by atoms with van der Waals surface area (Å²) < 4.78 is 26.8. The van der Waals surface area contributed by atoms with Crippen molar-refractivity contribution in [2.45, 2.75) is 24.2 Å². The van der Waals surface area contributed by atoms with Gasteiger partial charge in [-0.15, -0.1) is 0 Å². The number of pyridine rings is 1. The fourth-order valence-electron chi connectivity index (χ4n) is 4.08. The van der Waals surface area contributed by atoms with Crippen LogP contribution in [0.25, 0.3) is 22.0 Å². The number of aromatic carboxylic acids is 1. The first-order valence-corrected chi connectivity index (χ1v) is 10.8. The van der Waals surface area contributed by atoms with Gasteiger partial charge in [-0.1, -0.05) is 23.9 Å². The number of thioether (sulfide) groups is 1. The molecule has 8 nitrogen and oxygen atoms in total. The van der Waals surface area contributed by atoms with Crippen molar-refractivity contribution < 1.29 is 23.1 Å². The first-order chi connectivity index (χ1) is 15.7. The SMILES string of the molecule is Cc1oc(=O)oc1N(C)c1ccc(-c2cc3c(cc2F)c(=O)c(C(=O)O)c2n3C(C)S2)cc1. The van der Waals surface area contributed by atoms with Crippen LogP contribution in [0.1, 0.15) is 28.4 Å². The number of carbonyl (C=O) groups is 1. The summed E-state index contributed by atoms with van der Waals surface area (Å²) in [7, 11) is 1.71. The minimum absolute atomic E-state index is 0.0337. The van der Waals surface area contributed by atoms with E-state index in [1.54, 1.807) is 53.8 Å². The normalized spacial score (nSPS) is 14.7. The zero-order chi connectivity index (χ0) is 23.6. The molecule has 10 heteroatoms. The summed E-state index contributed by atoms with van der Waals surface area (Å²) in [4.78, 5) is 37.3. The number of aryl methyl sites for hydroxylation is 1. The Kier molecular flexibility index (Phi) is 4.71. The third-order valence-electron chi connectivity index (χ3n) is 5.70. The van der Waals surface area contributed by atoms with Gasteiger partial charge >= 0.3 is 11.8 Å². The molecular formula is C23H17FN2O6S. The van der Waals surface area contributed by atoms with E-state index in [9.17, 15) is 19.5 Å². The van der Waals surface area contributed by atoms with E-state index in [0.29, 0.717) is 27.6 Å². The lowest BCUT2D eigenvalue weighted by molar-refractivity contribution is 0.0689. The van der Waals surface area contributed by atoms with Gasteiger partial charge in [0.15, 0.2) is 5.76 Å². The Labute approximate surface area is 189 Å². The van der Waals surface area contributed by atoms with Crippen LogP contribution in [0, 0.1) is 12.7 Å². The molecule has 3 heterocycles. The first kappa shape index (κ1) is 21.1. The van der Waals surface area contributed by atoms with Gasteiger partial charge in [-0.2, -0.15) is 0 Å². The topological polar surface area (TPSA) is 106 Å². The minimum atomic E-state index is -1.32. The average Bonchev–Trinajstić information content (AvgIpc) is 3.10. The molecule has 1 N–H and O–H groups in total. The third-order valence-corrected chi connectivity index (χ3v) is 6.87. The molecule has 1 aliphatic rings. The number of rotatable bonds is 4. The number of hydrogen-bond donors (Lipinski definition) is 1. The molecule has 33 heavy (non-hydrogen) atoms. The van der Waals surface area contributed by atoms with Gasteiger partial charge in [-0.3, -0.25) is 4.79 Å². The highest BCUT2D eigenvalue weighted by molar-refractivity contribution is 8.00. The Bertz CT molecular complexity index is 1570. The molecule has 0 aliphatic carbocycles. The van der Waals surface area contributed by atoms with Crippen molar-refractivity contribution in [3.05, 3.63) is 74.4 Å². The van der Waals surface area contributed by atoms with Crippen molar-refractivity contribution in [1.82, 2.24) is 4.57 Å². The van der Waals surface area contributed by atoms with Crippen LogP contribution in [0.15, 0.2) is 59.8 Å². The summed E-state index contributed by atoms with van der Waals surface area (Å²) in [5.74, 6) is -2.14. The summed E-state index contributed by atoms with van der Waals surface area (Å²) in [5, 5.41) is 9.80. The minimum Gasteiger partial charge on any atom is -0.477 e. The van der Waals surface area contributed by atoms with Crippen LogP contribution >= 0.6 is 11.8 Å². The van der Waals surface area contributed by atoms with Crippen molar-refractivity contribution in [2.75, 3.05) is 11.9 Å². The maximum absolute atomic E-state index is 15.1. The molecule has 4 aromatic rings. The van der Waals surface area contributed by atoms with Gasteiger partial charge in [0.25, 0.3) is 0 Å². The van der Waals surface area contributed by atoms with Crippen molar-refractivity contribution >= 4 is 40.2 Å². The molecule has 1 unspecified atom stereocenters. The predicted octanol–water partition coefficient (Wildman–Crippen LogP) is 4.75. The Hall–Kier alpha value is -3.79. The molecule has 168 valence electrons. The van der Waals surface area contributed by atoms with E-state index < -0.39 is 23.0 Å². The molecular weight excluding hydrogens is 451 g/mol. The highest BCUT2D eigenvalue weighted by Gasteiger charge is 2.33.